The lowest BCUT2D eigenvalue weighted by Crippen LogP contribution is -2.28. The largest absolute Gasteiger partial charge is 0.361 e. The van der Waals surface area contributed by atoms with Crippen LogP contribution >= 0.6 is 0 Å². The van der Waals surface area contributed by atoms with E-state index in [1.165, 1.54) is 5.56 Å². The van der Waals surface area contributed by atoms with Gasteiger partial charge in [0, 0.05) is 5.69 Å². The maximum absolute atomic E-state index is 8.74. The van der Waals surface area contributed by atoms with Gasteiger partial charge in [-0.1, -0.05) is 17.7 Å². The lowest BCUT2D eigenvalue weighted by atomic mass is 10.2. The van der Waals surface area contributed by atoms with Crippen LogP contribution in [0.15, 0.2) is 24.3 Å². The highest BCUT2D eigenvalue weighted by Crippen LogP contribution is 2.07. The molecule has 1 atom stereocenters. The van der Waals surface area contributed by atoms with Crippen LogP contribution in [-0.2, 0) is 0 Å². The zero-order chi connectivity index (χ0) is 8.27. The van der Waals surface area contributed by atoms with Crippen molar-refractivity contribution in [3.05, 3.63) is 29.8 Å². The van der Waals surface area contributed by atoms with Crippen LogP contribution in [-0.4, -0.2) is 11.5 Å². The molecule has 60 valence electrons. The Morgan fingerprint density at radius 3 is 2.36 bits per heavy atom. The molecule has 0 radical (unpaired) electrons. The summed E-state index contributed by atoms with van der Waals surface area (Å²) in [5, 5.41) is 11.4. The molecule has 1 aromatic rings. The fraction of sp³-hybridized carbons (Fsp3) is 0.250. The maximum Gasteiger partial charge on any atom is 0.178 e. The van der Waals surface area contributed by atoms with Crippen molar-refractivity contribution < 1.29 is 5.11 Å². The Bertz CT molecular complexity index is 218. The summed E-state index contributed by atoms with van der Waals surface area (Å²) < 4.78 is 0. The number of nitrogens with two attached hydrogens (primary N) is 1. The summed E-state index contributed by atoms with van der Waals surface area (Å²) in [6.45, 7) is 2.00. The standard InChI is InChI=1S/C8H12N2O/c1-6-2-4-7(5-3-6)10-8(9)11/h2-5,8,10-11H,9H2,1H3. The fourth-order valence-electron chi connectivity index (χ4n) is 0.821. The molecule has 0 amide bonds. The maximum atomic E-state index is 8.74. The predicted octanol–water partition coefficient (Wildman–Crippen LogP) is 0.642. The minimum atomic E-state index is -0.988. The summed E-state index contributed by atoms with van der Waals surface area (Å²) in [6.07, 6.45) is -0.988. The second-order valence-corrected chi connectivity index (χ2v) is 2.46. The molecule has 3 nitrogen and oxygen atoms in total. The van der Waals surface area contributed by atoms with Crippen LogP contribution in [0.5, 0.6) is 0 Å². The van der Waals surface area contributed by atoms with Gasteiger partial charge in [0.2, 0.25) is 0 Å². The van der Waals surface area contributed by atoms with Gasteiger partial charge >= 0.3 is 0 Å². The van der Waals surface area contributed by atoms with Crippen LogP contribution in [0, 0.1) is 6.92 Å². The smallest absolute Gasteiger partial charge is 0.178 e. The summed E-state index contributed by atoms with van der Waals surface area (Å²) in [6, 6.07) is 7.63. The Labute approximate surface area is 65.8 Å². The molecule has 1 unspecified atom stereocenters. The molecule has 4 N–H and O–H groups in total. The van der Waals surface area contributed by atoms with Crippen LogP contribution in [0.3, 0.4) is 0 Å². The lowest BCUT2D eigenvalue weighted by molar-refractivity contribution is 0.212. The number of hydrogen-bond donors (Lipinski definition) is 3. The van der Waals surface area contributed by atoms with Crippen LogP contribution < -0.4 is 11.1 Å². The zero-order valence-electron chi connectivity index (χ0n) is 6.41. The van der Waals surface area contributed by atoms with Gasteiger partial charge in [-0.05, 0) is 19.1 Å². The molecule has 0 spiro atoms. The average molecular weight is 152 g/mol. The highest BCUT2D eigenvalue weighted by atomic mass is 16.3. The normalized spacial score (nSPS) is 12.6. The molecule has 0 fully saturated rings. The van der Waals surface area contributed by atoms with Gasteiger partial charge in [0.05, 0.1) is 0 Å². The minimum Gasteiger partial charge on any atom is -0.361 e. The Morgan fingerprint density at radius 2 is 1.91 bits per heavy atom. The van der Waals surface area contributed by atoms with E-state index >= 15 is 0 Å². The van der Waals surface area contributed by atoms with E-state index in [0.29, 0.717) is 0 Å². The number of benzene rings is 1. The first kappa shape index (κ1) is 8.04. The summed E-state index contributed by atoms with van der Waals surface area (Å²) in [5.41, 5.74) is 7.11. The van der Waals surface area contributed by atoms with E-state index in [1.54, 1.807) is 0 Å². The minimum absolute atomic E-state index is 0.825. The second-order valence-electron chi connectivity index (χ2n) is 2.46. The third-order valence-electron chi connectivity index (χ3n) is 1.37. The molecule has 3 heteroatoms. The number of hydrogen-bond acceptors (Lipinski definition) is 3. The zero-order valence-corrected chi connectivity index (χ0v) is 6.41. The molecule has 0 aliphatic carbocycles. The monoisotopic (exact) mass is 152 g/mol. The van der Waals surface area contributed by atoms with E-state index in [9.17, 15) is 0 Å². The molecule has 0 saturated heterocycles. The molecule has 1 rings (SSSR count). The summed E-state index contributed by atoms with van der Waals surface area (Å²) in [5.74, 6) is 0. The molecule has 0 aromatic heterocycles. The molecular weight excluding hydrogens is 140 g/mol. The molecule has 0 heterocycles. The van der Waals surface area contributed by atoms with E-state index in [-0.39, 0.29) is 0 Å². The van der Waals surface area contributed by atoms with Crippen molar-refractivity contribution in [2.45, 2.75) is 13.3 Å². The molecule has 0 aliphatic rings. The molecule has 0 aliphatic heterocycles. The number of aliphatic hydroxyl groups excluding tert-OH is 1. The second kappa shape index (κ2) is 3.37. The van der Waals surface area contributed by atoms with Gasteiger partial charge in [-0.3, -0.25) is 5.73 Å². The topological polar surface area (TPSA) is 58.3 Å². The quantitative estimate of drug-likeness (QED) is 0.545. The molecule has 0 bridgehead atoms. The van der Waals surface area contributed by atoms with Crippen molar-refractivity contribution in [2.24, 2.45) is 5.73 Å². The van der Waals surface area contributed by atoms with Gasteiger partial charge in [0.15, 0.2) is 6.35 Å². The van der Waals surface area contributed by atoms with Crippen molar-refractivity contribution >= 4 is 5.69 Å². The number of aryl methyl sites for hydroxylation is 1. The Kier molecular flexibility index (Phi) is 2.46. The number of anilines is 1. The van der Waals surface area contributed by atoms with Crippen LogP contribution in [0.25, 0.3) is 0 Å². The Balaban J connectivity index is 2.66. The number of nitrogens with one attached hydrogen (secondary N) is 1. The first-order valence-electron chi connectivity index (χ1n) is 3.45. The SMILES string of the molecule is Cc1ccc(NC(N)O)cc1. The van der Waals surface area contributed by atoms with E-state index in [2.05, 4.69) is 5.32 Å². The van der Waals surface area contributed by atoms with E-state index in [1.807, 2.05) is 31.2 Å². The molecule has 11 heavy (non-hydrogen) atoms. The lowest BCUT2D eigenvalue weighted by Gasteiger charge is -2.08. The molecule has 0 saturated carbocycles. The first-order chi connectivity index (χ1) is 5.18. The van der Waals surface area contributed by atoms with Crippen molar-refractivity contribution in [1.29, 1.82) is 0 Å². The summed E-state index contributed by atoms with van der Waals surface area (Å²) in [4.78, 5) is 0. The van der Waals surface area contributed by atoms with Gasteiger partial charge in [-0.15, -0.1) is 0 Å². The van der Waals surface area contributed by atoms with Crippen molar-refractivity contribution in [3.63, 3.8) is 0 Å². The highest BCUT2D eigenvalue weighted by Gasteiger charge is 1.93. The third kappa shape index (κ3) is 2.57. The van der Waals surface area contributed by atoms with Gasteiger partial charge in [-0.2, -0.15) is 0 Å². The van der Waals surface area contributed by atoms with Gasteiger partial charge in [0.1, 0.15) is 0 Å². The van der Waals surface area contributed by atoms with Gasteiger partial charge < -0.3 is 10.4 Å². The summed E-state index contributed by atoms with van der Waals surface area (Å²) in [7, 11) is 0. The van der Waals surface area contributed by atoms with Crippen LogP contribution in [0.2, 0.25) is 0 Å². The first-order valence-corrected chi connectivity index (χ1v) is 3.45. The Morgan fingerprint density at radius 1 is 1.36 bits per heavy atom. The highest BCUT2D eigenvalue weighted by molar-refractivity contribution is 5.44. The predicted molar refractivity (Wildman–Crippen MR) is 45.0 cm³/mol. The molecule has 1 aromatic carbocycles. The van der Waals surface area contributed by atoms with Crippen molar-refractivity contribution in [2.75, 3.05) is 5.32 Å². The van der Waals surface area contributed by atoms with E-state index < -0.39 is 6.35 Å². The summed E-state index contributed by atoms with van der Waals surface area (Å²) >= 11 is 0. The molecular formula is C8H12N2O. The van der Waals surface area contributed by atoms with E-state index in [4.69, 9.17) is 10.8 Å². The van der Waals surface area contributed by atoms with Crippen molar-refractivity contribution in [1.82, 2.24) is 0 Å². The number of rotatable bonds is 2. The fourth-order valence-corrected chi connectivity index (χ4v) is 0.821. The number of aliphatic hydroxyl groups is 1. The van der Waals surface area contributed by atoms with E-state index in [0.717, 1.165) is 5.69 Å². The van der Waals surface area contributed by atoms with Crippen LogP contribution in [0.4, 0.5) is 5.69 Å². The third-order valence-corrected chi connectivity index (χ3v) is 1.37. The Hall–Kier alpha value is -1.06. The van der Waals surface area contributed by atoms with Crippen LogP contribution in [0.1, 0.15) is 5.56 Å². The van der Waals surface area contributed by atoms with Gasteiger partial charge in [0.25, 0.3) is 0 Å². The van der Waals surface area contributed by atoms with Crippen molar-refractivity contribution in [3.8, 4) is 0 Å². The average Bonchev–Trinajstić information content (AvgIpc) is 1.93. The van der Waals surface area contributed by atoms with Gasteiger partial charge in [-0.25, -0.2) is 0 Å².